The molecule has 0 aliphatic rings. The molecule has 5 aromatic carbocycles. The standard InChI is InChI=1S/C40H29N5/c1-3-16-34-30(4-2)32-25-26-33-31-23-14-15-24-35(31)45(37(33)36(32)44(34)29-21-12-7-13-22-29)40-42-38(27-17-8-5-9-18-27)41-39(43-40)28-19-10-6-11-20-28/h3-26H,2H2,1H3/b16-3-. The first-order valence-corrected chi connectivity index (χ1v) is 15.0. The zero-order valence-electron chi connectivity index (χ0n) is 24.8. The van der Waals surface area contributed by atoms with Crippen molar-refractivity contribution in [3.05, 3.63) is 151 Å². The Balaban J connectivity index is 1.57. The molecule has 0 bridgehead atoms. The quantitative estimate of drug-likeness (QED) is 0.197. The van der Waals surface area contributed by atoms with Crippen LogP contribution in [0.1, 0.15) is 18.2 Å². The maximum Gasteiger partial charge on any atom is 0.238 e. The van der Waals surface area contributed by atoms with E-state index in [9.17, 15) is 0 Å². The van der Waals surface area contributed by atoms with Crippen molar-refractivity contribution in [3.63, 3.8) is 0 Å². The van der Waals surface area contributed by atoms with E-state index in [1.807, 2.05) is 79.7 Å². The molecule has 45 heavy (non-hydrogen) atoms. The summed E-state index contributed by atoms with van der Waals surface area (Å²) in [7, 11) is 0. The summed E-state index contributed by atoms with van der Waals surface area (Å²) in [6.07, 6.45) is 6.20. The molecule has 0 spiro atoms. The third-order valence-corrected chi connectivity index (χ3v) is 8.27. The van der Waals surface area contributed by atoms with Crippen LogP contribution in [0.5, 0.6) is 0 Å². The summed E-state index contributed by atoms with van der Waals surface area (Å²) < 4.78 is 4.54. The van der Waals surface area contributed by atoms with Gasteiger partial charge in [-0.1, -0.05) is 128 Å². The van der Waals surface area contributed by atoms with E-state index in [1.54, 1.807) is 0 Å². The Morgan fingerprint density at radius 2 is 1.11 bits per heavy atom. The number of para-hydroxylation sites is 2. The van der Waals surface area contributed by atoms with Crippen LogP contribution in [0.15, 0.2) is 140 Å². The molecule has 3 aromatic heterocycles. The van der Waals surface area contributed by atoms with Crippen LogP contribution in [0.25, 0.3) is 79.3 Å². The van der Waals surface area contributed by atoms with Crippen molar-refractivity contribution < 1.29 is 0 Å². The molecular formula is C40H29N5. The highest BCUT2D eigenvalue weighted by atomic mass is 15.2. The van der Waals surface area contributed by atoms with Gasteiger partial charge in [-0.15, -0.1) is 0 Å². The zero-order valence-corrected chi connectivity index (χ0v) is 24.8. The maximum absolute atomic E-state index is 5.16. The van der Waals surface area contributed by atoms with Gasteiger partial charge in [0, 0.05) is 38.5 Å². The molecule has 8 rings (SSSR count). The highest BCUT2D eigenvalue weighted by Gasteiger charge is 2.24. The molecule has 8 aromatic rings. The fraction of sp³-hybridized carbons (Fsp3) is 0.0250. The summed E-state index contributed by atoms with van der Waals surface area (Å²) in [4.78, 5) is 15.3. The molecule has 5 nitrogen and oxygen atoms in total. The van der Waals surface area contributed by atoms with E-state index in [-0.39, 0.29) is 0 Å². The molecule has 214 valence electrons. The molecule has 5 heteroatoms. The lowest BCUT2D eigenvalue weighted by Gasteiger charge is -2.13. The Morgan fingerprint density at radius 3 is 1.73 bits per heavy atom. The summed E-state index contributed by atoms with van der Waals surface area (Å²) in [6, 6.07) is 43.6. The number of allylic oxidation sites excluding steroid dienone is 1. The second-order valence-corrected chi connectivity index (χ2v) is 10.9. The predicted molar refractivity (Wildman–Crippen MR) is 187 cm³/mol. The highest BCUT2D eigenvalue weighted by Crippen LogP contribution is 2.41. The predicted octanol–water partition coefficient (Wildman–Crippen LogP) is 9.92. The normalized spacial score (nSPS) is 11.7. The second kappa shape index (κ2) is 10.9. The lowest BCUT2D eigenvalue weighted by atomic mass is 10.1. The van der Waals surface area contributed by atoms with Crippen molar-refractivity contribution in [3.8, 4) is 34.4 Å². The Bertz CT molecular complexity index is 2320. The van der Waals surface area contributed by atoms with Crippen LogP contribution in [0.4, 0.5) is 0 Å². The summed E-state index contributed by atoms with van der Waals surface area (Å²) in [5.41, 5.74) is 8.21. The monoisotopic (exact) mass is 579 g/mol. The smallest absolute Gasteiger partial charge is 0.238 e. The molecule has 0 radical (unpaired) electrons. The van der Waals surface area contributed by atoms with Gasteiger partial charge in [-0.05, 0) is 31.2 Å². The molecule has 0 unspecified atom stereocenters. The van der Waals surface area contributed by atoms with Gasteiger partial charge in [0.15, 0.2) is 11.6 Å². The molecule has 0 saturated carbocycles. The van der Waals surface area contributed by atoms with Gasteiger partial charge in [0.25, 0.3) is 0 Å². The molecule has 0 atom stereocenters. The van der Waals surface area contributed by atoms with E-state index >= 15 is 0 Å². The van der Waals surface area contributed by atoms with Crippen LogP contribution < -0.4 is 0 Å². The van der Waals surface area contributed by atoms with Gasteiger partial charge in [-0.2, -0.15) is 9.97 Å². The van der Waals surface area contributed by atoms with Gasteiger partial charge in [-0.25, -0.2) is 4.98 Å². The van der Waals surface area contributed by atoms with Crippen molar-refractivity contribution in [2.24, 2.45) is 0 Å². The van der Waals surface area contributed by atoms with Crippen LogP contribution >= 0.6 is 0 Å². The molecule has 3 heterocycles. The molecule has 0 N–H and O–H groups in total. The van der Waals surface area contributed by atoms with E-state index in [2.05, 4.69) is 88.5 Å². The molecule has 0 aliphatic carbocycles. The van der Waals surface area contributed by atoms with Crippen LogP contribution in [0, 0.1) is 0 Å². The summed E-state index contributed by atoms with van der Waals surface area (Å²) in [5, 5.41) is 3.36. The Kier molecular flexibility index (Phi) is 6.42. The molecule has 0 aliphatic heterocycles. The van der Waals surface area contributed by atoms with E-state index in [0.717, 1.165) is 60.8 Å². The van der Waals surface area contributed by atoms with E-state index in [4.69, 9.17) is 15.0 Å². The van der Waals surface area contributed by atoms with Crippen LogP contribution in [0.3, 0.4) is 0 Å². The number of nitrogens with zero attached hydrogens (tertiary/aromatic N) is 5. The average Bonchev–Trinajstić information content (AvgIpc) is 3.61. The zero-order chi connectivity index (χ0) is 30.3. The minimum Gasteiger partial charge on any atom is -0.307 e. The van der Waals surface area contributed by atoms with Gasteiger partial charge in [0.2, 0.25) is 5.95 Å². The number of fused-ring (bicyclic) bond motifs is 5. The average molecular weight is 580 g/mol. The molecule has 0 amide bonds. The highest BCUT2D eigenvalue weighted by molar-refractivity contribution is 6.19. The van der Waals surface area contributed by atoms with Crippen molar-refractivity contribution in [2.45, 2.75) is 6.92 Å². The van der Waals surface area contributed by atoms with Gasteiger partial charge >= 0.3 is 0 Å². The first-order valence-electron chi connectivity index (χ1n) is 15.0. The minimum absolute atomic E-state index is 0.565. The van der Waals surface area contributed by atoms with Crippen molar-refractivity contribution >= 4 is 44.9 Å². The number of hydrogen-bond acceptors (Lipinski definition) is 3. The largest absolute Gasteiger partial charge is 0.307 e. The van der Waals surface area contributed by atoms with Gasteiger partial charge in [-0.3, -0.25) is 4.57 Å². The topological polar surface area (TPSA) is 48.5 Å². The van der Waals surface area contributed by atoms with Crippen LogP contribution in [-0.4, -0.2) is 24.1 Å². The lowest BCUT2D eigenvalue weighted by Crippen LogP contribution is -2.07. The summed E-state index contributed by atoms with van der Waals surface area (Å²) in [5.74, 6) is 1.81. The fourth-order valence-electron chi connectivity index (χ4n) is 6.35. The minimum atomic E-state index is 0.565. The van der Waals surface area contributed by atoms with Gasteiger partial charge in [0.1, 0.15) is 0 Å². The Hall–Kier alpha value is -6.07. The van der Waals surface area contributed by atoms with Crippen molar-refractivity contribution in [1.29, 1.82) is 0 Å². The molecular weight excluding hydrogens is 550 g/mol. The SMILES string of the molecule is C=Cc1c(/C=C\C)n(-c2ccccc2)c2c1ccc1c3ccccc3n(-c3nc(-c4ccccc4)nc(-c4ccccc4)n3)c12. The molecule has 0 saturated heterocycles. The fourth-order valence-corrected chi connectivity index (χ4v) is 6.35. The molecule has 0 fully saturated rings. The van der Waals surface area contributed by atoms with Crippen LogP contribution in [-0.2, 0) is 0 Å². The third kappa shape index (κ3) is 4.28. The van der Waals surface area contributed by atoms with E-state index < -0.39 is 0 Å². The summed E-state index contributed by atoms with van der Waals surface area (Å²) in [6.45, 7) is 6.29. The second-order valence-electron chi connectivity index (χ2n) is 10.9. The number of aromatic nitrogens is 5. The third-order valence-electron chi connectivity index (χ3n) is 8.27. The van der Waals surface area contributed by atoms with Crippen molar-refractivity contribution in [1.82, 2.24) is 24.1 Å². The van der Waals surface area contributed by atoms with E-state index in [1.165, 1.54) is 0 Å². The first kappa shape index (κ1) is 26.5. The van der Waals surface area contributed by atoms with Crippen molar-refractivity contribution in [2.75, 3.05) is 0 Å². The Morgan fingerprint density at radius 1 is 0.556 bits per heavy atom. The lowest BCUT2D eigenvalue weighted by molar-refractivity contribution is 0.952. The Labute approximate surface area is 261 Å². The van der Waals surface area contributed by atoms with Crippen LogP contribution in [0.2, 0.25) is 0 Å². The first-order chi connectivity index (χ1) is 22.3. The number of hydrogen-bond donors (Lipinski definition) is 0. The number of rotatable bonds is 6. The van der Waals surface area contributed by atoms with Gasteiger partial charge < -0.3 is 4.57 Å². The van der Waals surface area contributed by atoms with E-state index in [0.29, 0.717) is 17.6 Å². The maximum atomic E-state index is 5.16. The number of benzene rings is 5. The summed E-state index contributed by atoms with van der Waals surface area (Å²) >= 11 is 0. The van der Waals surface area contributed by atoms with Gasteiger partial charge in [0.05, 0.1) is 22.2 Å².